The highest BCUT2D eigenvalue weighted by atomic mass is 35.5. The van der Waals surface area contributed by atoms with E-state index >= 15 is 0 Å². The zero-order valence-corrected chi connectivity index (χ0v) is 16.2. The summed E-state index contributed by atoms with van der Waals surface area (Å²) in [4.78, 5) is 0.938. The Morgan fingerprint density at radius 1 is 1.20 bits per heavy atom. The van der Waals surface area contributed by atoms with Gasteiger partial charge in [0.2, 0.25) is 0 Å². The van der Waals surface area contributed by atoms with Gasteiger partial charge in [-0.25, -0.2) is 0 Å². The van der Waals surface area contributed by atoms with E-state index in [4.69, 9.17) is 11.6 Å². The SMILES string of the molecule is C[C@H]1CCCc2c1n(Cc1ccc(Cl)cc1)c1c([S@@](C)=O)cccc21. The van der Waals surface area contributed by atoms with Crippen LogP contribution in [0.3, 0.4) is 0 Å². The second-order valence-corrected chi connectivity index (χ2v) is 8.76. The normalized spacial score (nSPS) is 18.3. The van der Waals surface area contributed by atoms with Gasteiger partial charge in [-0.3, -0.25) is 4.21 Å². The molecule has 0 N–H and O–H groups in total. The van der Waals surface area contributed by atoms with Crippen molar-refractivity contribution < 1.29 is 4.21 Å². The first-order valence-electron chi connectivity index (χ1n) is 8.78. The number of benzene rings is 2. The molecule has 0 aliphatic heterocycles. The molecule has 0 fully saturated rings. The number of para-hydroxylation sites is 1. The molecule has 0 radical (unpaired) electrons. The van der Waals surface area contributed by atoms with Crippen molar-refractivity contribution in [3.05, 3.63) is 64.3 Å². The Hall–Kier alpha value is -1.58. The molecular weight excluding hydrogens is 350 g/mol. The molecule has 25 heavy (non-hydrogen) atoms. The van der Waals surface area contributed by atoms with Crippen LogP contribution in [0.5, 0.6) is 0 Å². The van der Waals surface area contributed by atoms with Gasteiger partial charge in [-0.2, -0.15) is 0 Å². The zero-order valence-electron chi connectivity index (χ0n) is 14.6. The quantitative estimate of drug-likeness (QED) is 0.594. The Balaban J connectivity index is 1.98. The maximum absolute atomic E-state index is 12.4. The molecule has 3 aromatic rings. The second-order valence-electron chi connectivity index (χ2n) is 6.98. The van der Waals surface area contributed by atoms with Gasteiger partial charge < -0.3 is 4.57 Å². The Bertz CT molecular complexity index is 958. The highest BCUT2D eigenvalue weighted by Crippen LogP contribution is 2.40. The van der Waals surface area contributed by atoms with Gasteiger partial charge in [-0.05, 0) is 54.5 Å². The van der Waals surface area contributed by atoms with Gasteiger partial charge in [0.25, 0.3) is 0 Å². The van der Waals surface area contributed by atoms with Crippen molar-refractivity contribution in [1.82, 2.24) is 4.57 Å². The van der Waals surface area contributed by atoms with E-state index in [1.165, 1.54) is 35.0 Å². The van der Waals surface area contributed by atoms with E-state index in [-0.39, 0.29) is 0 Å². The summed E-state index contributed by atoms with van der Waals surface area (Å²) >= 11 is 6.05. The van der Waals surface area contributed by atoms with Gasteiger partial charge in [-0.1, -0.05) is 42.8 Å². The van der Waals surface area contributed by atoms with Crippen LogP contribution in [0.25, 0.3) is 10.9 Å². The molecule has 0 amide bonds. The average molecular weight is 372 g/mol. The van der Waals surface area contributed by atoms with Crippen LogP contribution in [0.2, 0.25) is 5.02 Å². The summed E-state index contributed by atoms with van der Waals surface area (Å²) in [6, 6.07) is 14.3. The lowest BCUT2D eigenvalue weighted by Crippen LogP contribution is -2.13. The lowest BCUT2D eigenvalue weighted by molar-refractivity contribution is 0.551. The summed E-state index contributed by atoms with van der Waals surface area (Å²) in [6.07, 6.45) is 5.34. The van der Waals surface area contributed by atoms with E-state index in [0.29, 0.717) is 5.92 Å². The smallest absolute Gasteiger partial charge is 0.0652 e. The number of halogens is 1. The van der Waals surface area contributed by atoms with Crippen molar-refractivity contribution in [2.45, 2.75) is 43.5 Å². The third-order valence-corrected chi connectivity index (χ3v) is 6.49. The number of aryl methyl sites for hydroxylation is 1. The van der Waals surface area contributed by atoms with Gasteiger partial charge >= 0.3 is 0 Å². The number of hydrogen-bond acceptors (Lipinski definition) is 1. The van der Waals surface area contributed by atoms with Crippen LogP contribution in [0.4, 0.5) is 0 Å². The van der Waals surface area contributed by atoms with Crippen molar-refractivity contribution in [2.75, 3.05) is 6.26 Å². The average Bonchev–Trinajstić information content (AvgIpc) is 2.92. The minimum atomic E-state index is -1.01. The molecule has 0 saturated heterocycles. The standard InChI is InChI=1S/C21H22ClNOS/c1-14-5-3-6-17-18-7-4-8-19(25(2)24)21(18)23(20(14)17)13-15-9-11-16(22)12-10-15/h4,7-12,14H,3,5-6,13H2,1-2H3/t14-,25+/m0/s1. The molecule has 1 heterocycles. The first-order valence-corrected chi connectivity index (χ1v) is 10.7. The van der Waals surface area contributed by atoms with E-state index in [2.05, 4.69) is 29.7 Å². The van der Waals surface area contributed by atoms with Gasteiger partial charge in [0, 0.05) is 28.9 Å². The summed E-state index contributed by atoms with van der Waals surface area (Å²) in [5.74, 6) is 0.529. The van der Waals surface area contributed by atoms with Crippen LogP contribution >= 0.6 is 11.6 Å². The molecule has 0 bridgehead atoms. The van der Waals surface area contributed by atoms with Gasteiger partial charge in [-0.15, -0.1) is 0 Å². The number of aromatic nitrogens is 1. The summed E-state index contributed by atoms with van der Waals surface area (Å²) in [5, 5.41) is 2.04. The lowest BCUT2D eigenvalue weighted by Gasteiger charge is -2.23. The van der Waals surface area contributed by atoms with E-state index in [0.717, 1.165) is 28.4 Å². The first-order chi connectivity index (χ1) is 12.1. The Morgan fingerprint density at radius 2 is 1.96 bits per heavy atom. The van der Waals surface area contributed by atoms with E-state index in [1.807, 2.05) is 24.3 Å². The van der Waals surface area contributed by atoms with Crippen molar-refractivity contribution >= 4 is 33.3 Å². The van der Waals surface area contributed by atoms with E-state index < -0.39 is 10.8 Å². The predicted molar refractivity (Wildman–Crippen MR) is 106 cm³/mol. The topological polar surface area (TPSA) is 22.0 Å². The third-order valence-electron chi connectivity index (χ3n) is 5.29. The Kier molecular flexibility index (Phi) is 4.47. The fourth-order valence-electron chi connectivity index (χ4n) is 4.18. The van der Waals surface area contributed by atoms with Crippen LogP contribution in [0, 0.1) is 0 Å². The van der Waals surface area contributed by atoms with Gasteiger partial charge in [0.15, 0.2) is 0 Å². The molecule has 0 saturated carbocycles. The van der Waals surface area contributed by atoms with Crippen molar-refractivity contribution in [1.29, 1.82) is 0 Å². The van der Waals surface area contributed by atoms with Gasteiger partial charge in [0.05, 0.1) is 21.2 Å². The van der Waals surface area contributed by atoms with Crippen LogP contribution in [-0.4, -0.2) is 15.0 Å². The summed E-state index contributed by atoms with van der Waals surface area (Å²) in [5.41, 5.74) is 5.25. The van der Waals surface area contributed by atoms with Crippen molar-refractivity contribution in [2.24, 2.45) is 0 Å². The molecule has 130 valence electrons. The minimum absolute atomic E-state index is 0.529. The summed E-state index contributed by atoms with van der Waals surface area (Å²) in [7, 11) is -1.01. The maximum atomic E-state index is 12.4. The Labute approximate surface area is 156 Å². The summed E-state index contributed by atoms with van der Waals surface area (Å²) in [6.45, 7) is 3.11. The Morgan fingerprint density at radius 3 is 2.68 bits per heavy atom. The molecule has 1 aliphatic carbocycles. The van der Waals surface area contributed by atoms with Crippen molar-refractivity contribution in [3.8, 4) is 0 Å². The molecule has 4 heteroatoms. The molecule has 1 aromatic heterocycles. The zero-order chi connectivity index (χ0) is 17.6. The fourth-order valence-corrected chi connectivity index (χ4v) is 5.07. The van der Waals surface area contributed by atoms with Crippen molar-refractivity contribution in [3.63, 3.8) is 0 Å². The van der Waals surface area contributed by atoms with Crippen LogP contribution < -0.4 is 0 Å². The second kappa shape index (κ2) is 6.62. The number of rotatable bonds is 3. The van der Waals surface area contributed by atoms with Gasteiger partial charge in [0.1, 0.15) is 0 Å². The largest absolute Gasteiger partial charge is 0.339 e. The third kappa shape index (κ3) is 2.94. The van der Waals surface area contributed by atoms with Crippen LogP contribution in [0.1, 0.15) is 42.5 Å². The minimum Gasteiger partial charge on any atom is -0.339 e. The molecule has 0 unspecified atom stereocenters. The molecule has 2 aromatic carbocycles. The molecule has 2 nitrogen and oxygen atoms in total. The number of hydrogen-bond donors (Lipinski definition) is 0. The monoisotopic (exact) mass is 371 g/mol. The predicted octanol–water partition coefficient (Wildman–Crippen LogP) is 5.52. The van der Waals surface area contributed by atoms with Crippen LogP contribution in [0.15, 0.2) is 47.4 Å². The lowest BCUT2D eigenvalue weighted by atomic mass is 9.88. The molecule has 2 atom stereocenters. The van der Waals surface area contributed by atoms with Crippen LogP contribution in [-0.2, 0) is 23.8 Å². The maximum Gasteiger partial charge on any atom is 0.0652 e. The number of fused-ring (bicyclic) bond motifs is 3. The fraction of sp³-hybridized carbons (Fsp3) is 0.333. The van der Waals surface area contributed by atoms with E-state index in [1.54, 1.807) is 6.26 Å². The summed E-state index contributed by atoms with van der Waals surface area (Å²) < 4.78 is 14.8. The molecular formula is C21H22ClNOS. The van der Waals surface area contributed by atoms with E-state index in [9.17, 15) is 4.21 Å². The molecule has 1 aliphatic rings. The molecule has 4 rings (SSSR count). The highest BCUT2D eigenvalue weighted by molar-refractivity contribution is 7.84. The highest BCUT2D eigenvalue weighted by Gasteiger charge is 2.26. The number of nitrogens with zero attached hydrogens (tertiary/aromatic N) is 1. The first kappa shape index (κ1) is 16.9. The molecule has 0 spiro atoms.